The third kappa shape index (κ3) is 5.60. The zero-order valence-corrected chi connectivity index (χ0v) is 19.3. The number of carbonyl (C=O) groups is 1. The Morgan fingerprint density at radius 3 is 2.52 bits per heavy atom. The third-order valence-electron chi connectivity index (χ3n) is 4.44. The number of rotatable bonds is 6. The summed E-state index contributed by atoms with van der Waals surface area (Å²) in [6, 6.07) is 17.4. The highest BCUT2D eigenvalue weighted by Crippen LogP contribution is 2.20. The van der Waals surface area contributed by atoms with Crippen molar-refractivity contribution in [2.45, 2.75) is 32.2 Å². The number of thiazole rings is 1. The van der Waals surface area contributed by atoms with Gasteiger partial charge in [-0.25, -0.2) is 0 Å². The second kappa shape index (κ2) is 9.90. The molecule has 2 aromatic heterocycles. The van der Waals surface area contributed by atoms with Gasteiger partial charge in [-0.15, -0.1) is 23.1 Å². The minimum Gasteiger partial charge on any atom is -0.297 e. The summed E-state index contributed by atoms with van der Waals surface area (Å²) in [7, 11) is 0. The molecule has 1 aromatic carbocycles. The molecule has 7 heteroatoms. The van der Waals surface area contributed by atoms with Gasteiger partial charge in [-0.3, -0.25) is 19.1 Å². The van der Waals surface area contributed by atoms with Crippen LogP contribution in [-0.2, 0) is 11.3 Å². The summed E-state index contributed by atoms with van der Waals surface area (Å²) in [4.78, 5) is 31.5. The number of pyridine rings is 1. The van der Waals surface area contributed by atoms with Crippen LogP contribution < -0.4 is 14.8 Å². The Hall–Kier alpha value is -2.95. The molecular formula is C24H23N3O2S2. The van der Waals surface area contributed by atoms with Gasteiger partial charge in [-0.05, 0) is 30.3 Å². The van der Waals surface area contributed by atoms with Gasteiger partial charge in [0.1, 0.15) is 16.3 Å². The lowest BCUT2D eigenvalue weighted by molar-refractivity contribution is -0.120. The largest absolute Gasteiger partial charge is 0.297 e. The Morgan fingerprint density at radius 1 is 1.19 bits per heavy atom. The van der Waals surface area contributed by atoms with Crippen molar-refractivity contribution in [1.82, 2.24) is 9.55 Å². The van der Waals surface area contributed by atoms with E-state index in [1.54, 1.807) is 55.4 Å². The molecule has 0 bridgehead atoms. The molecule has 158 valence electrons. The first kappa shape index (κ1) is 22.7. The molecule has 0 aliphatic heterocycles. The fraction of sp³-hybridized carbons (Fsp3) is 0.250. The standard InChI is InChI=1S/C24H23N3O2S2/c1-24(2,3)21(28)19(16-25)23-27(13-14-30-18-10-5-4-6-11-18)22(29)20(31-23)15-17-9-7-8-12-26-17/h4-12,15H,13-14H2,1-3H3. The van der Waals surface area contributed by atoms with E-state index in [1.165, 1.54) is 11.3 Å². The highest BCUT2D eigenvalue weighted by molar-refractivity contribution is 7.99. The van der Waals surface area contributed by atoms with Crippen LogP contribution in [0.4, 0.5) is 0 Å². The number of Topliss-reactive ketones (excluding diaryl/α,β-unsaturated/α-hetero) is 1. The molecule has 0 atom stereocenters. The number of benzene rings is 1. The predicted octanol–water partition coefficient (Wildman–Crippen LogP) is 3.22. The number of thioether (sulfide) groups is 1. The maximum atomic E-state index is 13.2. The van der Waals surface area contributed by atoms with E-state index in [2.05, 4.69) is 11.1 Å². The van der Waals surface area contributed by atoms with E-state index in [1.807, 2.05) is 42.5 Å². The van der Waals surface area contributed by atoms with Crippen LogP contribution in [0.2, 0.25) is 0 Å². The van der Waals surface area contributed by atoms with Gasteiger partial charge in [-0.2, -0.15) is 5.26 Å². The van der Waals surface area contributed by atoms with E-state index >= 15 is 0 Å². The fourth-order valence-corrected chi connectivity index (χ4v) is 4.82. The summed E-state index contributed by atoms with van der Waals surface area (Å²) in [5.74, 6) is 0.365. The van der Waals surface area contributed by atoms with E-state index in [9.17, 15) is 14.9 Å². The zero-order chi connectivity index (χ0) is 22.4. The summed E-state index contributed by atoms with van der Waals surface area (Å²) in [5, 5.41) is 9.79. The van der Waals surface area contributed by atoms with Gasteiger partial charge in [0.2, 0.25) is 0 Å². The molecule has 0 fully saturated rings. The van der Waals surface area contributed by atoms with Gasteiger partial charge in [0.15, 0.2) is 5.78 Å². The van der Waals surface area contributed by atoms with E-state index < -0.39 is 5.41 Å². The number of carbonyl (C=O) groups excluding carboxylic acids is 1. The van der Waals surface area contributed by atoms with Crippen LogP contribution in [-0.4, -0.2) is 21.1 Å². The predicted molar refractivity (Wildman–Crippen MR) is 126 cm³/mol. The van der Waals surface area contributed by atoms with Crippen molar-refractivity contribution in [3.63, 3.8) is 0 Å². The van der Waals surface area contributed by atoms with E-state index in [-0.39, 0.29) is 16.9 Å². The molecular weight excluding hydrogens is 426 g/mol. The SMILES string of the molecule is CC(C)(C)C(=O)C(C#N)=c1sc(=Cc2ccccn2)c(=O)n1CCSc1ccccc1. The van der Waals surface area contributed by atoms with Crippen LogP contribution in [0.3, 0.4) is 0 Å². The number of hydrogen-bond acceptors (Lipinski definition) is 6. The van der Waals surface area contributed by atoms with Gasteiger partial charge in [0.25, 0.3) is 5.56 Å². The monoisotopic (exact) mass is 449 g/mol. The normalized spacial score (nSPS) is 13.0. The first-order valence-electron chi connectivity index (χ1n) is 9.80. The molecule has 0 spiro atoms. The number of nitrogens with zero attached hydrogens (tertiary/aromatic N) is 3. The lowest BCUT2D eigenvalue weighted by Crippen LogP contribution is -2.35. The maximum Gasteiger partial charge on any atom is 0.269 e. The van der Waals surface area contributed by atoms with Crippen molar-refractivity contribution < 1.29 is 4.79 Å². The van der Waals surface area contributed by atoms with Gasteiger partial charge >= 0.3 is 0 Å². The number of ketones is 1. The van der Waals surface area contributed by atoms with Crippen molar-refractivity contribution in [2.24, 2.45) is 5.41 Å². The third-order valence-corrected chi connectivity index (χ3v) is 6.56. The second-order valence-electron chi connectivity index (χ2n) is 7.85. The van der Waals surface area contributed by atoms with Crippen LogP contribution >= 0.6 is 23.1 Å². The minimum atomic E-state index is -0.723. The summed E-state index contributed by atoms with van der Waals surface area (Å²) >= 11 is 2.79. The average Bonchev–Trinajstić information content (AvgIpc) is 3.05. The maximum absolute atomic E-state index is 13.2. The molecule has 3 rings (SSSR count). The molecule has 0 amide bonds. The van der Waals surface area contributed by atoms with Crippen molar-refractivity contribution >= 4 is 40.5 Å². The smallest absolute Gasteiger partial charge is 0.269 e. The molecule has 0 saturated heterocycles. The van der Waals surface area contributed by atoms with Crippen LogP contribution in [0.25, 0.3) is 11.6 Å². The van der Waals surface area contributed by atoms with Gasteiger partial charge < -0.3 is 0 Å². The fourth-order valence-electron chi connectivity index (χ4n) is 2.85. The van der Waals surface area contributed by atoms with Crippen LogP contribution in [0, 0.1) is 16.7 Å². The topological polar surface area (TPSA) is 75.8 Å². The second-order valence-corrected chi connectivity index (χ2v) is 10.1. The number of aromatic nitrogens is 2. The molecule has 2 heterocycles. The highest BCUT2D eigenvalue weighted by Gasteiger charge is 2.27. The van der Waals surface area contributed by atoms with Crippen LogP contribution in [0.15, 0.2) is 64.4 Å². The van der Waals surface area contributed by atoms with E-state index in [4.69, 9.17) is 0 Å². The highest BCUT2D eigenvalue weighted by atomic mass is 32.2. The summed E-state index contributed by atoms with van der Waals surface area (Å²) in [6.07, 6.45) is 3.36. The van der Waals surface area contributed by atoms with Gasteiger partial charge in [-0.1, -0.05) is 45.0 Å². The molecule has 0 radical (unpaired) electrons. The van der Waals surface area contributed by atoms with Crippen LogP contribution in [0.1, 0.15) is 26.5 Å². The Morgan fingerprint density at radius 2 is 1.90 bits per heavy atom. The molecule has 3 aromatic rings. The Kier molecular flexibility index (Phi) is 7.26. The summed E-state index contributed by atoms with van der Waals surface area (Å²) < 4.78 is 2.41. The van der Waals surface area contributed by atoms with Crippen molar-refractivity contribution in [1.29, 1.82) is 5.26 Å². The molecule has 0 aliphatic rings. The van der Waals surface area contributed by atoms with Crippen LogP contribution in [0.5, 0.6) is 0 Å². The Balaban J connectivity index is 2.12. The molecule has 0 saturated carbocycles. The lowest BCUT2D eigenvalue weighted by atomic mass is 9.87. The van der Waals surface area contributed by atoms with E-state index in [0.717, 1.165) is 4.90 Å². The molecule has 5 nitrogen and oxygen atoms in total. The van der Waals surface area contributed by atoms with Crippen molar-refractivity contribution in [3.05, 3.63) is 80.0 Å². The first-order valence-corrected chi connectivity index (χ1v) is 11.6. The molecule has 31 heavy (non-hydrogen) atoms. The van der Waals surface area contributed by atoms with Crippen molar-refractivity contribution in [3.8, 4) is 6.07 Å². The van der Waals surface area contributed by atoms with Gasteiger partial charge in [0, 0.05) is 28.8 Å². The van der Waals surface area contributed by atoms with E-state index in [0.29, 0.717) is 27.2 Å². The zero-order valence-electron chi connectivity index (χ0n) is 17.7. The minimum absolute atomic E-state index is 0.0278. The van der Waals surface area contributed by atoms with Crippen molar-refractivity contribution in [2.75, 3.05) is 5.75 Å². The number of nitriles is 1. The Labute approximate surface area is 189 Å². The molecule has 0 unspecified atom stereocenters. The number of hydrogen-bond donors (Lipinski definition) is 0. The lowest BCUT2D eigenvalue weighted by Gasteiger charge is -2.15. The Bertz CT molecular complexity index is 1280. The van der Waals surface area contributed by atoms with Gasteiger partial charge in [0.05, 0.1) is 10.2 Å². The average molecular weight is 450 g/mol. The first-order chi connectivity index (χ1) is 14.8. The molecule has 0 N–H and O–H groups in total. The summed E-state index contributed by atoms with van der Waals surface area (Å²) in [6.45, 7) is 5.71. The summed E-state index contributed by atoms with van der Waals surface area (Å²) in [5.41, 5.74) is -0.257. The quantitative estimate of drug-likeness (QED) is 0.540. The molecule has 0 aliphatic carbocycles.